The lowest BCUT2D eigenvalue weighted by atomic mass is 10.1. The molecule has 10 heteroatoms. The predicted molar refractivity (Wildman–Crippen MR) is 151 cm³/mol. The summed E-state index contributed by atoms with van der Waals surface area (Å²) in [4.78, 5) is 18.1. The summed E-state index contributed by atoms with van der Waals surface area (Å²) in [7, 11) is 0. The minimum Gasteiger partial charge on any atom is -0.415 e. The SMILES string of the molecule is Cc1cc(-c2nnc(-c3cccc(-c4ccccn4)n3)o2)cc(-c2nnc(-c3cccc(-c4ccccn4)n3)o2)c1. The molecule has 0 atom stereocenters. The maximum Gasteiger partial charge on any atom is 0.266 e. The van der Waals surface area contributed by atoms with Crippen LogP contribution in [0.2, 0.25) is 0 Å². The van der Waals surface area contributed by atoms with E-state index < -0.39 is 0 Å². The second-order valence-electron chi connectivity index (χ2n) is 9.16. The first-order chi connectivity index (χ1) is 20.2. The molecule has 0 N–H and O–H groups in total. The quantitative estimate of drug-likeness (QED) is 0.237. The van der Waals surface area contributed by atoms with Crippen molar-refractivity contribution in [3.63, 3.8) is 0 Å². The Labute approximate surface area is 233 Å². The predicted octanol–water partition coefficient (Wildman–Crippen LogP) is 6.34. The average molecular weight is 537 g/mol. The van der Waals surface area contributed by atoms with Gasteiger partial charge < -0.3 is 8.83 Å². The lowest BCUT2D eigenvalue weighted by Gasteiger charge is -2.03. The highest BCUT2D eigenvalue weighted by atomic mass is 16.4. The maximum atomic E-state index is 6.03. The van der Waals surface area contributed by atoms with Gasteiger partial charge in [0.25, 0.3) is 11.8 Å². The molecule has 0 radical (unpaired) electrons. The molecule has 7 aromatic rings. The molecule has 10 nitrogen and oxygen atoms in total. The zero-order valence-corrected chi connectivity index (χ0v) is 21.7. The van der Waals surface area contributed by atoms with Crippen LogP contribution in [0.1, 0.15) is 5.56 Å². The Morgan fingerprint density at radius 3 is 1.34 bits per heavy atom. The fraction of sp³-hybridized carbons (Fsp3) is 0.0323. The molecule has 1 aromatic carbocycles. The zero-order valence-electron chi connectivity index (χ0n) is 21.7. The van der Waals surface area contributed by atoms with Crippen LogP contribution in [0.4, 0.5) is 0 Å². The lowest BCUT2D eigenvalue weighted by molar-refractivity contribution is 0.580. The molecule has 0 aliphatic carbocycles. The third kappa shape index (κ3) is 4.97. The fourth-order valence-electron chi connectivity index (χ4n) is 4.34. The molecule has 41 heavy (non-hydrogen) atoms. The Bertz CT molecular complexity index is 1830. The minimum atomic E-state index is 0.305. The molecule has 0 spiro atoms. The van der Waals surface area contributed by atoms with Crippen LogP contribution in [0.15, 0.2) is 112 Å². The van der Waals surface area contributed by atoms with Gasteiger partial charge in [-0.3, -0.25) is 9.97 Å². The molecule has 0 saturated heterocycles. The number of hydrogen-bond acceptors (Lipinski definition) is 10. The van der Waals surface area contributed by atoms with Crippen molar-refractivity contribution in [2.75, 3.05) is 0 Å². The molecule has 7 rings (SSSR count). The molecule has 0 fully saturated rings. The molecule has 196 valence electrons. The van der Waals surface area contributed by atoms with Crippen molar-refractivity contribution < 1.29 is 8.83 Å². The van der Waals surface area contributed by atoms with Crippen LogP contribution in [0, 0.1) is 6.92 Å². The van der Waals surface area contributed by atoms with Crippen LogP contribution in [0.3, 0.4) is 0 Å². The minimum absolute atomic E-state index is 0.305. The Kier molecular flexibility index (Phi) is 6.10. The molecule has 0 bridgehead atoms. The van der Waals surface area contributed by atoms with Gasteiger partial charge in [0.05, 0.1) is 22.8 Å². The number of aromatic nitrogens is 8. The third-order valence-electron chi connectivity index (χ3n) is 6.21. The van der Waals surface area contributed by atoms with E-state index in [9.17, 15) is 0 Å². The van der Waals surface area contributed by atoms with Crippen molar-refractivity contribution in [3.05, 3.63) is 109 Å². The second kappa shape index (κ2) is 10.3. The Morgan fingerprint density at radius 2 is 0.878 bits per heavy atom. The van der Waals surface area contributed by atoms with Crippen molar-refractivity contribution in [1.82, 2.24) is 40.3 Å². The first kappa shape index (κ1) is 24.2. The van der Waals surface area contributed by atoms with Gasteiger partial charge in [-0.05, 0) is 79.2 Å². The zero-order chi connectivity index (χ0) is 27.6. The molecule has 6 aromatic heterocycles. The Hall–Kier alpha value is -5.90. The maximum absolute atomic E-state index is 6.03. The van der Waals surface area contributed by atoms with Crippen LogP contribution in [-0.4, -0.2) is 40.3 Å². The number of nitrogens with zero attached hydrogens (tertiary/aromatic N) is 8. The normalized spacial score (nSPS) is 11.0. The number of hydrogen-bond donors (Lipinski definition) is 0. The summed E-state index contributed by atoms with van der Waals surface area (Å²) in [6.07, 6.45) is 3.46. The highest BCUT2D eigenvalue weighted by molar-refractivity contribution is 5.68. The highest BCUT2D eigenvalue weighted by Gasteiger charge is 2.17. The van der Waals surface area contributed by atoms with E-state index in [0.29, 0.717) is 46.3 Å². The lowest BCUT2D eigenvalue weighted by Crippen LogP contribution is -1.89. The number of rotatable bonds is 6. The molecule has 6 heterocycles. The van der Waals surface area contributed by atoms with Gasteiger partial charge in [0, 0.05) is 23.5 Å². The molecular weight excluding hydrogens is 516 g/mol. The van der Waals surface area contributed by atoms with Gasteiger partial charge in [-0.1, -0.05) is 24.3 Å². The summed E-state index contributed by atoms with van der Waals surface area (Å²) in [6, 6.07) is 28.3. The summed E-state index contributed by atoms with van der Waals surface area (Å²) in [5.74, 6) is 1.30. The molecular formula is C31H20N8O2. The molecule has 0 unspecified atom stereocenters. The van der Waals surface area contributed by atoms with Gasteiger partial charge in [0.2, 0.25) is 11.8 Å². The van der Waals surface area contributed by atoms with Crippen LogP contribution in [-0.2, 0) is 0 Å². The van der Waals surface area contributed by atoms with Crippen molar-refractivity contribution in [2.45, 2.75) is 6.92 Å². The second-order valence-corrected chi connectivity index (χ2v) is 9.16. The van der Waals surface area contributed by atoms with Crippen molar-refractivity contribution in [1.29, 1.82) is 0 Å². The molecule has 0 aliphatic heterocycles. The summed E-state index contributed by atoms with van der Waals surface area (Å²) < 4.78 is 12.1. The summed E-state index contributed by atoms with van der Waals surface area (Å²) in [6.45, 7) is 1.97. The van der Waals surface area contributed by atoms with E-state index in [1.807, 2.05) is 97.9 Å². The Balaban J connectivity index is 1.18. The molecule has 0 saturated carbocycles. The summed E-state index contributed by atoms with van der Waals surface area (Å²) in [5.41, 5.74) is 6.46. The topological polar surface area (TPSA) is 129 Å². The van der Waals surface area contributed by atoms with Crippen molar-refractivity contribution in [2.24, 2.45) is 0 Å². The van der Waals surface area contributed by atoms with Crippen molar-refractivity contribution in [3.8, 4) is 68.9 Å². The van der Waals surface area contributed by atoms with E-state index in [1.165, 1.54) is 0 Å². The standard InChI is InChI=1S/C31H20N8O2/c1-19-16-20(28-36-38-30(40-28)26-12-6-10-24(34-26)22-8-2-4-14-32-22)18-21(17-19)29-37-39-31(41-29)27-13-7-11-25(35-27)23-9-3-5-15-33-23/h2-18H,1H3. The van der Waals surface area contributed by atoms with E-state index >= 15 is 0 Å². The van der Waals surface area contributed by atoms with Crippen LogP contribution >= 0.6 is 0 Å². The van der Waals surface area contributed by atoms with Crippen LogP contribution in [0.5, 0.6) is 0 Å². The number of pyridine rings is 4. The number of aryl methyl sites for hydroxylation is 1. The first-order valence-corrected chi connectivity index (χ1v) is 12.8. The van der Waals surface area contributed by atoms with Gasteiger partial charge in [-0.2, -0.15) is 0 Å². The van der Waals surface area contributed by atoms with E-state index in [4.69, 9.17) is 8.83 Å². The Morgan fingerprint density at radius 1 is 0.439 bits per heavy atom. The molecule has 0 amide bonds. The third-order valence-corrected chi connectivity index (χ3v) is 6.21. The van der Waals surface area contributed by atoms with Crippen molar-refractivity contribution >= 4 is 0 Å². The smallest absolute Gasteiger partial charge is 0.266 e. The first-order valence-electron chi connectivity index (χ1n) is 12.8. The van der Waals surface area contributed by atoms with Gasteiger partial charge in [0.15, 0.2) is 0 Å². The largest absolute Gasteiger partial charge is 0.415 e. The van der Waals surface area contributed by atoms with Crippen LogP contribution < -0.4 is 0 Å². The highest BCUT2D eigenvalue weighted by Crippen LogP contribution is 2.30. The van der Waals surface area contributed by atoms with Gasteiger partial charge >= 0.3 is 0 Å². The van der Waals surface area contributed by atoms with E-state index in [2.05, 4.69) is 40.3 Å². The van der Waals surface area contributed by atoms with E-state index in [-0.39, 0.29) is 0 Å². The van der Waals surface area contributed by atoms with Gasteiger partial charge in [-0.25, -0.2) is 9.97 Å². The van der Waals surface area contributed by atoms with E-state index in [0.717, 1.165) is 28.1 Å². The van der Waals surface area contributed by atoms with Gasteiger partial charge in [0.1, 0.15) is 11.4 Å². The fourth-order valence-corrected chi connectivity index (χ4v) is 4.34. The summed E-state index contributed by atoms with van der Waals surface area (Å²) in [5, 5.41) is 17.0. The van der Waals surface area contributed by atoms with Gasteiger partial charge in [-0.15, -0.1) is 20.4 Å². The average Bonchev–Trinajstić information content (AvgIpc) is 3.73. The van der Waals surface area contributed by atoms with Crippen LogP contribution in [0.25, 0.3) is 68.9 Å². The molecule has 0 aliphatic rings. The number of benzene rings is 1. The van der Waals surface area contributed by atoms with E-state index in [1.54, 1.807) is 12.4 Å². The monoisotopic (exact) mass is 536 g/mol. The summed E-state index contributed by atoms with van der Waals surface area (Å²) >= 11 is 0.